The van der Waals surface area contributed by atoms with Crippen molar-refractivity contribution in [2.75, 3.05) is 24.3 Å². The Morgan fingerprint density at radius 1 is 1.00 bits per heavy atom. The first-order valence-corrected chi connectivity index (χ1v) is 14.7. The van der Waals surface area contributed by atoms with Crippen molar-refractivity contribution in [1.29, 1.82) is 0 Å². The Balaban J connectivity index is 1.83. The zero-order chi connectivity index (χ0) is 25.7. The molecular formula is C30H40N3O2P. The van der Waals surface area contributed by atoms with E-state index in [1.807, 2.05) is 85.7 Å². The maximum absolute atomic E-state index is 15.4. The van der Waals surface area contributed by atoms with Crippen LogP contribution < -0.4 is 15.5 Å². The molecule has 0 unspecified atom stereocenters. The molecule has 6 heteroatoms. The second-order valence-electron chi connectivity index (χ2n) is 10.7. The van der Waals surface area contributed by atoms with Crippen molar-refractivity contribution < 1.29 is 9.09 Å². The van der Waals surface area contributed by atoms with Gasteiger partial charge in [0.2, 0.25) is 0 Å². The van der Waals surface area contributed by atoms with Gasteiger partial charge in [0.25, 0.3) is 7.37 Å². The number of nitrogens with one attached hydrogen (secondary N) is 1. The summed E-state index contributed by atoms with van der Waals surface area (Å²) in [6, 6.07) is 21.8. The third-order valence-electron chi connectivity index (χ3n) is 7.40. The lowest BCUT2D eigenvalue weighted by atomic mass is 9.75. The van der Waals surface area contributed by atoms with E-state index in [2.05, 4.69) is 31.1 Å². The van der Waals surface area contributed by atoms with Gasteiger partial charge in [-0.05, 0) is 73.1 Å². The van der Waals surface area contributed by atoms with Crippen LogP contribution in [-0.4, -0.2) is 25.2 Å². The molecule has 1 heterocycles. The van der Waals surface area contributed by atoms with Crippen LogP contribution in [0.3, 0.4) is 0 Å². The molecular weight excluding hydrogens is 465 g/mol. The molecule has 0 spiro atoms. The lowest BCUT2D eigenvalue weighted by Crippen LogP contribution is -2.35. The van der Waals surface area contributed by atoms with Crippen LogP contribution in [-0.2, 0) is 9.09 Å². The van der Waals surface area contributed by atoms with Crippen molar-refractivity contribution in [1.82, 2.24) is 4.98 Å². The summed E-state index contributed by atoms with van der Waals surface area (Å²) in [5, 5.41) is 4.31. The Labute approximate surface area is 216 Å². The molecule has 5 atom stereocenters. The monoisotopic (exact) mass is 505 g/mol. The highest BCUT2D eigenvalue weighted by Gasteiger charge is 2.43. The Morgan fingerprint density at radius 3 is 2.33 bits per heavy atom. The standard InChI is InChI=1S/C30H40N3O2P/c1-22(2)28-18-13-23(3)20-29(28)35-36(34,27-16-14-26(15-17-27)33(4)5)30(24-10-9-19-31-21-24)32-25-11-7-6-8-12-25/h6-12,14-17,19,21-23,28-30,32H,13,18,20H2,1-5H3/t23-,28-,29-,30-,36-/m1/s1. The fourth-order valence-electron chi connectivity index (χ4n) is 5.26. The second kappa shape index (κ2) is 11.6. The predicted molar refractivity (Wildman–Crippen MR) is 151 cm³/mol. The van der Waals surface area contributed by atoms with Crippen molar-refractivity contribution in [2.45, 2.75) is 51.9 Å². The van der Waals surface area contributed by atoms with E-state index in [-0.39, 0.29) is 6.10 Å². The van der Waals surface area contributed by atoms with E-state index in [9.17, 15) is 0 Å². The molecule has 0 saturated heterocycles. The lowest BCUT2D eigenvalue weighted by molar-refractivity contribution is 0.0488. The van der Waals surface area contributed by atoms with Gasteiger partial charge in [-0.2, -0.15) is 0 Å². The van der Waals surface area contributed by atoms with Gasteiger partial charge in [0.1, 0.15) is 5.78 Å². The van der Waals surface area contributed by atoms with Gasteiger partial charge in [-0.1, -0.05) is 51.5 Å². The van der Waals surface area contributed by atoms with E-state index < -0.39 is 13.2 Å². The summed E-state index contributed by atoms with van der Waals surface area (Å²) in [6.07, 6.45) is 6.70. The number of anilines is 2. The molecule has 0 aliphatic heterocycles. The molecule has 2 aromatic carbocycles. The molecule has 192 valence electrons. The number of hydrogen-bond donors (Lipinski definition) is 1. The Morgan fingerprint density at radius 2 is 1.72 bits per heavy atom. The lowest BCUT2D eigenvalue weighted by Gasteiger charge is -2.41. The molecule has 0 radical (unpaired) electrons. The van der Waals surface area contributed by atoms with E-state index in [0.29, 0.717) is 17.8 Å². The van der Waals surface area contributed by atoms with E-state index in [0.717, 1.165) is 35.1 Å². The highest BCUT2D eigenvalue weighted by molar-refractivity contribution is 7.67. The number of para-hydroxylation sites is 1. The molecule has 5 nitrogen and oxygen atoms in total. The van der Waals surface area contributed by atoms with Gasteiger partial charge < -0.3 is 14.7 Å². The molecule has 0 amide bonds. The van der Waals surface area contributed by atoms with Crippen LogP contribution in [0.5, 0.6) is 0 Å². The summed E-state index contributed by atoms with van der Waals surface area (Å²) >= 11 is 0. The molecule has 4 rings (SSSR count). The fraction of sp³-hybridized carbons (Fsp3) is 0.433. The average molecular weight is 506 g/mol. The van der Waals surface area contributed by atoms with Crippen LogP contribution >= 0.6 is 7.37 Å². The SMILES string of the molecule is CC(C)[C@H]1CC[C@@H](C)C[C@H]1O[P@](=O)(c1ccc(N(C)C)cc1)[C@@H](Nc1ccccc1)c1cccnc1. The van der Waals surface area contributed by atoms with E-state index in [4.69, 9.17) is 4.52 Å². The Hall–Kier alpha value is -2.62. The number of rotatable bonds is 9. The quantitative estimate of drug-likeness (QED) is 0.308. The van der Waals surface area contributed by atoms with Crippen molar-refractivity contribution in [2.24, 2.45) is 17.8 Å². The summed E-state index contributed by atoms with van der Waals surface area (Å²) in [7, 11) is 0.561. The van der Waals surface area contributed by atoms with Gasteiger partial charge >= 0.3 is 0 Å². The molecule has 1 aliphatic rings. The number of aromatic nitrogens is 1. The number of benzene rings is 2. The molecule has 1 aliphatic carbocycles. The van der Waals surface area contributed by atoms with Crippen LogP contribution in [0.15, 0.2) is 79.1 Å². The Bertz CT molecular complexity index is 1140. The van der Waals surface area contributed by atoms with E-state index in [1.54, 1.807) is 12.4 Å². The fourth-order valence-corrected chi connectivity index (χ4v) is 7.88. The minimum absolute atomic E-state index is 0.0650. The second-order valence-corrected chi connectivity index (χ2v) is 13.1. The smallest absolute Gasteiger partial charge is 0.258 e. The van der Waals surface area contributed by atoms with Gasteiger partial charge in [0, 0.05) is 48.7 Å². The van der Waals surface area contributed by atoms with Gasteiger partial charge in [0.05, 0.1) is 6.10 Å². The summed E-state index contributed by atoms with van der Waals surface area (Å²) in [4.78, 5) is 6.42. The van der Waals surface area contributed by atoms with Crippen molar-refractivity contribution in [3.05, 3.63) is 84.7 Å². The van der Waals surface area contributed by atoms with Gasteiger partial charge in [-0.3, -0.25) is 9.55 Å². The first-order valence-electron chi connectivity index (χ1n) is 13.1. The minimum Gasteiger partial charge on any atom is -0.378 e. The zero-order valence-electron chi connectivity index (χ0n) is 22.2. The highest BCUT2D eigenvalue weighted by Crippen LogP contribution is 2.61. The summed E-state index contributed by atoms with van der Waals surface area (Å²) in [6.45, 7) is 6.80. The van der Waals surface area contributed by atoms with Crippen molar-refractivity contribution in [3.63, 3.8) is 0 Å². The molecule has 1 N–H and O–H groups in total. The topological polar surface area (TPSA) is 54.5 Å². The summed E-state index contributed by atoms with van der Waals surface area (Å²) in [5.41, 5.74) is 2.81. The van der Waals surface area contributed by atoms with Crippen LogP contribution in [0.2, 0.25) is 0 Å². The zero-order valence-corrected chi connectivity index (χ0v) is 23.1. The first kappa shape index (κ1) is 26.4. The van der Waals surface area contributed by atoms with Crippen LogP contribution in [0, 0.1) is 17.8 Å². The largest absolute Gasteiger partial charge is 0.378 e. The maximum atomic E-state index is 15.4. The number of hydrogen-bond acceptors (Lipinski definition) is 5. The Kier molecular flexibility index (Phi) is 8.54. The molecule has 36 heavy (non-hydrogen) atoms. The normalized spacial score (nSPS) is 22.6. The van der Waals surface area contributed by atoms with Crippen molar-refractivity contribution in [3.8, 4) is 0 Å². The van der Waals surface area contributed by atoms with Crippen molar-refractivity contribution >= 4 is 24.0 Å². The average Bonchev–Trinajstić information content (AvgIpc) is 2.88. The van der Waals surface area contributed by atoms with Crippen LogP contribution in [0.1, 0.15) is 51.4 Å². The molecule has 0 bridgehead atoms. The van der Waals surface area contributed by atoms with E-state index in [1.165, 1.54) is 6.42 Å². The van der Waals surface area contributed by atoms with Gasteiger partial charge in [-0.25, -0.2) is 0 Å². The summed E-state index contributed by atoms with van der Waals surface area (Å²) in [5.74, 6) is 0.824. The molecule has 1 saturated carbocycles. The molecule has 3 aromatic rings. The maximum Gasteiger partial charge on any atom is 0.258 e. The van der Waals surface area contributed by atoms with Gasteiger partial charge in [-0.15, -0.1) is 0 Å². The van der Waals surface area contributed by atoms with Crippen LogP contribution in [0.25, 0.3) is 0 Å². The molecule has 1 aromatic heterocycles. The highest BCUT2D eigenvalue weighted by atomic mass is 31.2. The van der Waals surface area contributed by atoms with Crippen LogP contribution in [0.4, 0.5) is 11.4 Å². The summed E-state index contributed by atoms with van der Waals surface area (Å²) < 4.78 is 22.4. The molecule has 1 fully saturated rings. The minimum atomic E-state index is -3.46. The van der Waals surface area contributed by atoms with Gasteiger partial charge in [0.15, 0.2) is 0 Å². The number of nitrogens with zero attached hydrogens (tertiary/aromatic N) is 2. The first-order chi connectivity index (χ1) is 17.3. The third-order valence-corrected chi connectivity index (χ3v) is 10.1. The number of pyridine rings is 1. The van der Waals surface area contributed by atoms with E-state index >= 15 is 4.57 Å². The third kappa shape index (κ3) is 6.02. The predicted octanol–water partition coefficient (Wildman–Crippen LogP) is 7.34.